The van der Waals surface area contributed by atoms with Crippen LogP contribution in [0.4, 0.5) is 10.1 Å². The third-order valence-corrected chi connectivity index (χ3v) is 6.45. The van der Waals surface area contributed by atoms with E-state index >= 15 is 0 Å². The first kappa shape index (κ1) is 21.3. The van der Waals surface area contributed by atoms with Gasteiger partial charge in [0.1, 0.15) is 5.82 Å². The molecule has 1 saturated carbocycles. The highest BCUT2D eigenvalue weighted by atomic mass is 19.1. The molecule has 2 aromatic rings. The van der Waals surface area contributed by atoms with E-state index in [-0.39, 0.29) is 36.1 Å². The Morgan fingerprint density at radius 3 is 2.35 bits per heavy atom. The normalized spacial score (nSPS) is 17.5. The van der Waals surface area contributed by atoms with Crippen LogP contribution in [0.2, 0.25) is 0 Å². The Hall–Kier alpha value is -2.89. The fourth-order valence-corrected chi connectivity index (χ4v) is 4.63. The van der Waals surface area contributed by atoms with Crippen molar-refractivity contribution in [1.29, 1.82) is 0 Å². The maximum atomic E-state index is 13.8. The quantitative estimate of drug-likeness (QED) is 0.737. The van der Waals surface area contributed by atoms with Crippen molar-refractivity contribution in [2.45, 2.75) is 51.1 Å². The molecular weight excluding hydrogens is 393 g/mol. The van der Waals surface area contributed by atoms with Gasteiger partial charge in [-0.05, 0) is 43.9 Å². The van der Waals surface area contributed by atoms with Gasteiger partial charge in [-0.1, -0.05) is 43.2 Å². The molecule has 1 aliphatic carbocycles. The van der Waals surface area contributed by atoms with Crippen molar-refractivity contribution in [1.82, 2.24) is 10.6 Å². The molecule has 0 atom stereocenters. The Labute approximate surface area is 183 Å². The molecule has 0 aromatic heterocycles. The van der Waals surface area contributed by atoms with Gasteiger partial charge in [-0.2, -0.15) is 0 Å². The van der Waals surface area contributed by atoms with E-state index in [4.69, 9.17) is 0 Å². The number of piperidine rings is 1. The Bertz CT molecular complexity index is 918. The predicted octanol–water partition coefficient (Wildman–Crippen LogP) is 4.03. The van der Waals surface area contributed by atoms with Crippen LogP contribution in [0.25, 0.3) is 0 Å². The average Bonchev–Trinajstić information content (AvgIpc) is 3.34. The molecule has 0 bridgehead atoms. The first-order chi connectivity index (χ1) is 15.1. The molecule has 6 heteroatoms. The van der Waals surface area contributed by atoms with Gasteiger partial charge in [0.05, 0.1) is 5.56 Å². The zero-order chi connectivity index (χ0) is 21.6. The lowest BCUT2D eigenvalue weighted by atomic mass is 10.0. The van der Waals surface area contributed by atoms with Crippen molar-refractivity contribution in [3.05, 3.63) is 65.5 Å². The van der Waals surface area contributed by atoms with Gasteiger partial charge < -0.3 is 15.5 Å². The molecule has 0 spiro atoms. The van der Waals surface area contributed by atoms with E-state index in [1.165, 1.54) is 6.07 Å². The lowest BCUT2D eigenvalue weighted by molar-refractivity contribution is -0.125. The van der Waals surface area contributed by atoms with E-state index in [9.17, 15) is 14.0 Å². The van der Waals surface area contributed by atoms with Crippen LogP contribution in [0.5, 0.6) is 0 Å². The van der Waals surface area contributed by atoms with Gasteiger partial charge in [0.25, 0.3) is 5.91 Å². The summed E-state index contributed by atoms with van der Waals surface area (Å²) >= 11 is 0. The SMILES string of the molecule is O=C(NCc1ccccc1F)c1ccccc1N1CCC(NC(=O)C2CCCC2)CC1. The second-order valence-corrected chi connectivity index (χ2v) is 8.54. The first-order valence-electron chi connectivity index (χ1n) is 11.3. The summed E-state index contributed by atoms with van der Waals surface area (Å²) in [6, 6.07) is 14.2. The van der Waals surface area contributed by atoms with Crippen molar-refractivity contribution < 1.29 is 14.0 Å². The van der Waals surface area contributed by atoms with E-state index in [0.717, 1.165) is 57.3 Å². The lowest BCUT2D eigenvalue weighted by Crippen LogP contribution is -2.46. The number of anilines is 1. The molecule has 2 N–H and O–H groups in total. The molecule has 2 aromatic carbocycles. The van der Waals surface area contributed by atoms with Crippen molar-refractivity contribution in [2.75, 3.05) is 18.0 Å². The van der Waals surface area contributed by atoms with Gasteiger partial charge in [0, 0.05) is 42.8 Å². The van der Waals surface area contributed by atoms with E-state index in [1.54, 1.807) is 24.3 Å². The molecule has 0 unspecified atom stereocenters. The van der Waals surface area contributed by atoms with Crippen molar-refractivity contribution >= 4 is 17.5 Å². The number of nitrogens with one attached hydrogen (secondary N) is 2. The van der Waals surface area contributed by atoms with Gasteiger partial charge in [-0.15, -0.1) is 0 Å². The van der Waals surface area contributed by atoms with Crippen molar-refractivity contribution in [3.63, 3.8) is 0 Å². The summed E-state index contributed by atoms with van der Waals surface area (Å²) in [5.41, 5.74) is 1.94. The molecule has 1 heterocycles. The molecule has 1 aliphatic heterocycles. The van der Waals surface area contributed by atoms with Crippen LogP contribution < -0.4 is 15.5 Å². The Morgan fingerprint density at radius 2 is 1.61 bits per heavy atom. The summed E-state index contributed by atoms with van der Waals surface area (Å²) in [6.45, 7) is 1.72. The second-order valence-electron chi connectivity index (χ2n) is 8.54. The molecule has 0 radical (unpaired) electrons. The number of nitrogens with zero attached hydrogens (tertiary/aromatic N) is 1. The standard InChI is InChI=1S/C25H30FN3O2/c26-22-11-5-3-9-19(22)17-27-25(31)21-10-4-6-12-23(21)29-15-13-20(14-16-29)28-24(30)18-7-1-2-8-18/h3-6,9-12,18,20H,1-2,7-8,13-17H2,(H,27,31)(H,28,30). The third-order valence-electron chi connectivity index (χ3n) is 6.45. The molecular formula is C25H30FN3O2. The highest BCUT2D eigenvalue weighted by Crippen LogP contribution is 2.27. The van der Waals surface area contributed by atoms with Crippen LogP contribution in [0.3, 0.4) is 0 Å². The molecule has 5 nitrogen and oxygen atoms in total. The van der Waals surface area contributed by atoms with Crippen LogP contribution >= 0.6 is 0 Å². The smallest absolute Gasteiger partial charge is 0.253 e. The Morgan fingerprint density at radius 1 is 0.935 bits per heavy atom. The van der Waals surface area contributed by atoms with Gasteiger partial charge >= 0.3 is 0 Å². The second kappa shape index (κ2) is 9.94. The van der Waals surface area contributed by atoms with Crippen molar-refractivity contribution in [2.24, 2.45) is 5.92 Å². The molecule has 2 aliphatic rings. The minimum Gasteiger partial charge on any atom is -0.371 e. The largest absolute Gasteiger partial charge is 0.371 e. The maximum Gasteiger partial charge on any atom is 0.253 e. The molecule has 2 fully saturated rings. The van der Waals surface area contributed by atoms with Gasteiger partial charge in [0.2, 0.25) is 5.91 Å². The topological polar surface area (TPSA) is 61.4 Å². The van der Waals surface area contributed by atoms with Gasteiger partial charge in [0.15, 0.2) is 0 Å². The van der Waals surface area contributed by atoms with Crippen LogP contribution in [0.15, 0.2) is 48.5 Å². The number of carbonyl (C=O) groups is 2. The monoisotopic (exact) mass is 423 g/mol. The zero-order valence-corrected chi connectivity index (χ0v) is 17.8. The minimum absolute atomic E-state index is 0.148. The number of hydrogen-bond donors (Lipinski definition) is 2. The van der Waals surface area contributed by atoms with E-state index in [1.807, 2.05) is 18.2 Å². The minimum atomic E-state index is -0.321. The van der Waals surface area contributed by atoms with Crippen LogP contribution in [0, 0.1) is 11.7 Å². The molecule has 1 saturated heterocycles. The number of benzene rings is 2. The Kier molecular flexibility index (Phi) is 6.85. The summed E-state index contributed by atoms with van der Waals surface area (Å²) in [7, 11) is 0. The molecule has 4 rings (SSSR count). The predicted molar refractivity (Wildman–Crippen MR) is 119 cm³/mol. The number of hydrogen-bond acceptors (Lipinski definition) is 3. The summed E-state index contributed by atoms with van der Waals surface area (Å²) in [4.78, 5) is 27.5. The number of amides is 2. The van der Waals surface area contributed by atoms with E-state index in [2.05, 4.69) is 15.5 Å². The highest BCUT2D eigenvalue weighted by molar-refractivity contribution is 5.99. The van der Waals surface area contributed by atoms with Gasteiger partial charge in [-0.25, -0.2) is 4.39 Å². The zero-order valence-electron chi connectivity index (χ0n) is 17.8. The average molecular weight is 424 g/mol. The molecule has 31 heavy (non-hydrogen) atoms. The number of rotatable bonds is 6. The summed E-state index contributed by atoms with van der Waals surface area (Å²) < 4.78 is 13.8. The van der Waals surface area contributed by atoms with Gasteiger partial charge in [-0.3, -0.25) is 9.59 Å². The highest BCUT2D eigenvalue weighted by Gasteiger charge is 2.27. The fraction of sp³-hybridized carbons (Fsp3) is 0.440. The summed E-state index contributed by atoms with van der Waals surface area (Å²) in [5, 5.41) is 6.07. The molecule has 164 valence electrons. The van der Waals surface area contributed by atoms with Crippen LogP contribution in [-0.4, -0.2) is 30.9 Å². The van der Waals surface area contributed by atoms with E-state index in [0.29, 0.717) is 11.1 Å². The number of para-hydroxylation sites is 1. The summed E-state index contributed by atoms with van der Waals surface area (Å²) in [6.07, 6.45) is 6.08. The number of halogens is 1. The molecule has 2 amide bonds. The van der Waals surface area contributed by atoms with Crippen LogP contribution in [0.1, 0.15) is 54.4 Å². The van der Waals surface area contributed by atoms with E-state index < -0.39 is 0 Å². The van der Waals surface area contributed by atoms with Crippen LogP contribution in [-0.2, 0) is 11.3 Å². The Balaban J connectivity index is 1.34. The third kappa shape index (κ3) is 5.24. The summed E-state index contributed by atoms with van der Waals surface area (Å²) in [5.74, 6) is -0.130. The maximum absolute atomic E-state index is 13.8. The fourth-order valence-electron chi connectivity index (χ4n) is 4.63. The number of carbonyl (C=O) groups excluding carboxylic acids is 2. The lowest BCUT2D eigenvalue weighted by Gasteiger charge is -2.35. The first-order valence-corrected chi connectivity index (χ1v) is 11.3. The van der Waals surface area contributed by atoms with Crippen molar-refractivity contribution in [3.8, 4) is 0 Å².